The van der Waals surface area contributed by atoms with Gasteiger partial charge in [-0.15, -0.1) is 0 Å². The maximum atomic E-state index is 13.5. The minimum Gasteiger partial charge on any atom is -0.508 e. The van der Waals surface area contributed by atoms with E-state index < -0.39 is 42.7 Å². The smallest absolute Gasteiger partial charge is 0.408 e. The summed E-state index contributed by atoms with van der Waals surface area (Å²) >= 11 is 0. The highest BCUT2D eigenvalue weighted by Crippen LogP contribution is 2.27. The van der Waals surface area contributed by atoms with Gasteiger partial charge in [0.15, 0.2) is 0 Å². The van der Waals surface area contributed by atoms with Gasteiger partial charge in [0.2, 0.25) is 5.91 Å². The molecule has 1 unspecified atom stereocenters. The first-order chi connectivity index (χ1) is 17.1. The van der Waals surface area contributed by atoms with E-state index >= 15 is 0 Å². The molecule has 9 nitrogen and oxygen atoms in total. The van der Waals surface area contributed by atoms with Crippen LogP contribution < -0.4 is 10.6 Å². The number of benzene rings is 3. The molecule has 0 radical (unpaired) electrons. The molecular formula is C27H31N3O6. The lowest BCUT2D eigenvalue weighted by Gasteiger charge is -2.31. The van der Waals surface area contributed by atoms with Gasteiger partial charge >= 0.3 is 6.09 Å². The van der Waals surface area contributed by atoms with Gasteiger partial charge in [-0.2, -0.15) is 0 Å². The van der Waals surface area contributed by atoms with Crippen LogP contribution in [0.15, 0.2) is 66.7 Å². The number of alkyl carbamates (subject to hydrolysis) is 1. The summed E-state index contributed by atoms with van der Waals surface area (Å²) in [6, 6.07) is 17.9. The average molecular weight is 494 g/mol. The summed E-state index contributed by atoms with van der Waals surface area (Å²) in [7, 11) is 0. The molecule has 3 rings (SSSR count). The first-order valence-electron chi connectivity index (χ1n) is 11.5. The van der Waals surface area contributed by atoms with E-state index in [9.17, 15) is 24.6 Å². The molecule has 0 aliphatic carbocycles. The Morgan fingerprint density at radius 2 is 1.69 bits per heavy atom. The zero-order chi connectivity index (χ0) is 26.3. The lowest BCUT2D eigenvalue weighted by molar-refractivity contribution is -0.138. The van der Waals surface area contributed by atoms with Crippen LogP contribution in [-0.4, -0.2) is 58.3 Å². The third kappa shape index (κ3) is 7.19. The lowest BCUT2D eigenvalue weighted by atomic mass is 10.0. The second kappa shape index (κ2) is 11.5. The minimum absolute atomic E-state index is 0.0840. The van der Waals surface area contributed by atoms with E-state index in [-0.39, 0.29) is 12.3 Å². The van der Waals surface area contributed by atoms with E-state index in [1.54, 1.807) is 39.0 Å². The Bertz CT molecular complexity index is 1240. The Balaban J connectivity index is 1.88. The fraction of sp³-hybridized carbons (Fsp3) is 0.296. The van der Waals surface area contributed by atoms with Gasteiger partial charge in [-0.25, -0.2) is 4.79 Å². The van der Waals surface area contributed by atoms with Crippen molar-refractivity contribution < 1.29 is 29.3 Å². The van der Waals surface area contributed by atoms with E-state index in [1.165, 1.54) is 12.1 Å². The van der Waals surface area contributed by atoms with Crippen molar-refractivity contribution in [3.8, 4) is 5.75 Å². The van der Waals surface area contributed by atoms with Gasteiger partial charge in [0, 0.05) is 12.2 Å². The van der Waals surface area contributed by atoms with Crippen LogP contribution >= 0.6 is 0 Å². The molecule has 0 heterocycles. The number of ether oxygens (including phenoxy) is 1. The first kappa shape index (κ1) is 26.5. The van der Waals surface area contributed by atoms with Crippen molar-refractivity contribution in [1.29, 1.82) is 0 Å². The largest absolute Gasteiger partial charge is 0.508 e. The predicted molar refractivity (Wildman–Crippen MR) is 136 cm³/mol. The predicted octanol–water partition coefficient (Wildman–Crippen LogP) is 3.57. The zero-order valence-corrected chi connectivity index (χ0v) is 20.5. The highest BCUT2D eigenvalue weighted by Gasteiger charge is 2.32. The number of aromatic hydroxyl groups is 1. The number of phenols is 1. The summed E-state index contributed by atoms with van der Waals surface area (Å²) in [6.07, 6.45) is -0.783. The maximum Gasteiger partial charge on any atom is 0.408 e. The molecule has 190 valence electrons. The summed E-state index contributed by atoms with van der Waals surface area (Å²) in [6.45, 7) is 4.04. The number of anilines is 1. The number of rotatable bonds is 8. The molecule has 0 spiro atoms. The van der Waals surface area contributed by atoms with Gasteiger partial charge in [-0.05, 0) is 61.4 Å². The van der Waals surface area contributed by atoms with E-state index in [2.05, 4.69) is 10.6 Å². The molecule has 3 amide bonds. The Hall–Kier alpha value is -4.11. The number of phenolic OH excluding ortho intramolecular Hbond substituents is 1. The highest BCUT2D eigenvalue weighted by molar-refractivity contribution is 6.00. The normalized spacial score (nSPS) is 12.0. The zero-order valence-electron chi connectivity index (χ0n) is 20.5. The van der Waals surface area contributed by atoms with Crippen molar-refractivity contribution in [2.75, 3.05) is 25.0 Å². The molecule has 0 bridgehead atoms. The van der Waals surface area contributed by atoms with E-state index in [0.29, 0.717) is 11.3 Å². The monoisotopic (exact) mass is 493 g/mol. The van der Waals surface area contributed by atoms with Crippen molar-refractivity contribution in [2.24, 2.45) is 0 Å². The average Bonchev–Trinajstić information content (AvgIpc) is 2.81. The standard InChI is InChI=1S/C27H31N3O6/c1-27(2,3)36-26(35)28-17-23(33)30(13-14-31)24(20-9-6-10-22(32)16-20)25(34)29-21-12-11-18-7-4-5-8-19(18)15-21/h4-12,15-16,24,31-32H,13-14,17H2,1-3H3,(H,28,35)(H,29,34). The van der Waals surface area contributed by atoms with Crippen LogP contribution in [0, 0.1) is 0 Å². The van der Waals surface area contributed by atoms with Crippen LogP contribution in [0.1, 0.15) is 32.4 Å². The molecule has 0 aliphatic rings. The maximum absolute atomic E-state index is 13.5. The molecule has 0 aliphatic heterocycles. The summed E-state index contributed by atoms with van der Waals surface area (Å²) < 4.78 is 5.17. The topological polar surface area (TPSA) is 128 Å². The SMILES string of the molecule is CC(C)(C)OC(=O)NCC(=O)N(CCO)C(C(=O)Nc1ccc2ccccc2c1)c1cccc(O)c1. The van der Waals surface area contributed by atoms with Crippen LogP contribution in [0.25, 0.3) is 10.8 Å². The third-order valence-corrected chi connectivity index (χ3v) is 5.21. The quantitative estimate of drug-likeness (QED) is 0.380. The van der Waals surface area contributed by atoms with Crippen LogP contribution in [0.5, 0.6) is 5.75 Å². The fourth-order valence-corrected chi connectivity index (χ4v) is 3.71. The number of fused-ring (bicyclic) bond motifs is 1. The lowest BCUT2D eigenvalue weighted by Crippen LogP contribution is -2.47. The molecule has 0 saturated carbocycles. The molecule has 0 aromatic heterocycles. The molecule has 0 saturated heterocycles. The Morgan fingerprint density at radius 1 is 0.972 bits per heavy atom. The number of carbonyl (C=O) groups excluding carboxylic acids is 3. The highest BCUT2D eigenvalue weighted by atomic mass is 16.6. The molecule has 1 atom stereocenters. The van der Waals surface area contributed by atoms with Gasteiger partial charge < -0.3 is 30.5 Å². The summed E-state index contributed by atoms with van der Waals surface area (Å²) in [5, 5.41) is 26.9. The van der Waals surface area contributed by atoms with Gasteiger partial charge in [-0.1, -0.05) is 42.5 Å². The number of carbonyl (C=O) groups is 3. The molecule has 4 N–H and O–H groups in total. The van der Waals surface area contributed by atoms with Gasteiger partial charge in [0.05, 0.1) is 6.61 Å². The number of nitrogens with one attached hydrogen (secondary N) is 2. The second-order valence-electron chi connectivity index (χ2n) is 9.21. The van der Waals surface area contributed by atoms with Gasteiger partial charge in [0.25, 0.3) is 5.91 Å². The van der Waals surface area contributed by atoms with Crippen LogP contribution in [0.2, 0.25) is 0 Å². The molecule has 3 aromatic carbocycles. The third-order valence-electron chi connectivity index (χ3n) is 5.21. The number of hydrogen-bond donors (Lipinski definition) is 4. The number of aliphatic hydroxyl groups is 1. The van der Waals surface area contributed by atoms with Crippen molar-refractivity contribution in [3.05, 3.63) is 72.3 Å². The first-order valence-corrected chi connectivity index (χ1v) is 11.5. The molecule has 9 heteroatoms. The number of nitrogens with zero attached hydrogens (tertiary/aromatic N) is 1. The van der Waals surface area contributed by atoms with Crippen molar-refractivity contribution in [3.63, 3.8) is 0 Å². The van der Waals surface area contributed by atoms with E-state index in [4.69, 9.17) is 4.74 Å². The fourth-order valence-electron chi connectivity index (χ4n) is 3.71. The second-order valence-corrected chi connectivity index (χ2v) is 9.21. The molecule has 0 fully saturated rings. The summed E-state index contributed by atoms with van der Waals surface area (Å²) in [5.41, 5.74) is 0.112. The number of hydrogen-bond acceptors (Lipinski definition) is 6. The van der Waals surface area contributed by atoms with Crippen LogP contribution in [0.4, 0.5) is 10.5 Å². The molecule has 36 heavy (non-hydrogen) atoms. The van der Waals surface area contributed by atoms with Crippen LogP contribution in [0.3, 0.4) is 0 Å². The van der Waals surface area contributed by atoms with Crippen molar-refractivity contribution in [1.82, 2.24) is 10.2 Å². The molecule has 3 aromatic rings. The van der Waals surface area contributed by atoms with Crippen molar-refractivity contribution >= 4 is 34.4 Å². The number of amides is 3. The molecular weight excluding hydrogens is 462 g/mol. The minimum atomic E-state index is -1.19. The Morgan fingerprint density at radius 3 is 2.36 bits per heavy atom. The van der Waals surface area contributed by atoms with Gasteiger partial charge in [-0.3, -0.25) is 9.59 Å². The summed E-state index contributed by atoms with van der Waals surface area (Å²) in [5.74, 6) is -1.24. The van der Waals surface area contributed by atoms with Gasteiger partial charge in [0.1, 0.15) is 23.9 Å². The van der Waals surface area contributed by atoms with Crippen molar-refractivity contribution in [2.45, 2.75) is 32.4 Å². The van der Waals surface area contributed by atoms with E-state index in [1.807, 2.05) is 36.4 Å². The van der Waals surface area contributed by atoms with E-state index in [0.717, 1.165) is 15.7 Å². The Labute approximate surface area is 209 Å². The number of aliphatic hydroxyl groups excluding tert-OH is 1. The Kier molecular flexibility index (Phi) is 8.50. The van der Waals surface area contributed by atoms with Crippen LogP contribution in [-0.2, 0) is 14.3 Å². The summed E-state index contributed by atoms with van der Waals surface area (Å²) in [4.78, 5) is 39.9.